The molecule has 18 heavy (non-hydrogen) atoms. The molecule has 0 radical (unpaired) electrons. The lowest BCUT2D eigenvalue weighted by atomic mass is 9.89. The minimum absolute atomic E-state index is 0.893. The third-order valence-corrected chi connectivity index (χ3v) is 5.38. The lowest BCUT2D eigenvalue weighted by Gasteiger charge is -2.36. The fraction of sp³-hybridized carbons (Fsp3) is 1.00. The van der Waals surface area contributed by atoms with Crippen LogP contribution in [0.3, 0.4) is 0 Å². The summed E-state index contributed by atoms with van der Waals surface area (Å²) in [6, 6.07) is 0.893. The van der Waals surface area contributed by atoms with Gasteiger partial charge in [-0.1, -0.05) is 25.7 Å². The molecule has 3 rings (SSSR count). The number of piperidine rings is 1. The molecule has 0 aromatic carbocycles. The molecule has 1 aliphatic carbocycles. The molecule has 2 heterocycles. The van der Waals surface area contributed by atoms with Crippen molar-refractivity contribution in [3.8, 4) is 0 Å². The van der Waals surface area contributed by atoms with E-state index in [0.29, 0.717) is 0 Å². The first-order chi connectivity index (χ1) is 8.92. The second kappa shape index (κ2) is 6.38. The summed E-state index contributed by atoms with van der Waals surface area (Å²) in [7, 11) is 0. The van der Waals surface area contributed by atoms with Crippen LogP contribution >= 0.6 is 0 Å². The Morgan fingerprint density at radius 2 is 1.50 bits per heavy atom. The Hall–Kier alpha value is -0.0800. The van der Waals surface area contributed by atoms with Crippen LogP contribution in [0, 0.1) is 5.92 Å². The fourth-order valence-electron chi connectivity index (χ4n) is 4.35. The van der Waals surface area contributed by atoms with Gasteiger partial charge in [0.2, 0.25) is 0 Å². The summed E-state index contributed by atoms with van der Waals surface area (Å²) in [5.41, 5.74) is 0. The third-order valence-electron chi connectivity index (χ3n) is 5.38. The maximum atomic E-state index is 2.81. The predicted octanol–water partition coefficient (Wildman–Crippen LogP) is 3.13. The Morgan fingerprint density at radius 3 is 2.39 bits per heavy atom. The van der Waals surface area contributed by atoms with E-state index in [-0.39, 0.29) is 0 Å². The van der Waals surface area contributed by atoms with E-state index >= 15 is 0 Å². The minimum Gasteiger partial charge on any atom is -0.301 e. The minimum atomic E-state index is 0.893. The van der Waals surface area contributed by atoms with Crippen LogP contribution in [0.1, 0.15) is 57.8 Å². The van der Waals surface area contributed by atoms with E-state index in [1.165, 1.54) is 90.5 Å². The highest BCUT2D eigenvalue weighted by molar-refractivity contribution is 4.84. The molecule has 2 saturated heterocycles. The van der Waals surface area contributed by atoms with E-state index in [4.69, 9.17) is 0 Å². The molecule has 0 aromatic heterocycles. The SMILES string of the molecule is C1CCC(CN2CCCN3CCCCC3C2)CC1. The molecule has 0 aromatic rings. The smallest absolute Gasteiger partial charge is 0.0223 e. The molecule has 2 nitrogen and oxygen atoms in total. The van der Waals surface area contributed by atoms with Gasteiger partial charge in [0, 0.05) is 19.1 Å². The number of fused-ring (bicyclic) bond motifs is 1. The van der Waals surface area contributed by atoms with Crippen molar-refractivity contribution in [2.75, 3.05) is 32.7 Å². The lowest BCUT2D eigenvalue weighted by molar-refractivity contribution is 0.126. The molecule has 2 aliphatic heterocycles. The number of nitrogens with zero attached hydrogens (tertiary/aromatic N) is 2. The van der Waals surface area contributed by atoms with Gasteiger partial charge in [-0.15, -0.1) is 0 Å². The molecule has 104 valence electrons. The van der Waals surface area contributed by atoms with Gasteiger partial charge in [0.25, 0.3) is 0 Å². The average molecular weight is 250 g/mol. The van der Waals surface area contributed by atoms with Gasteiger partial charge in [-0.25, -0.2) is 0 Å². The van der Waals surface area contributed by atoms with Gasteiger partial charge in [0.15, 0.2) is 0 Å². The first-order valence-corrected chi connectivity index (χ1v) is 8.38. The van der Waals surface area contributed by atoms with E-state index in [1.54, 1.807) is 0 Å². The Kier molecular flexibility index (Phi) is 4.58. The van der Waals surface area contributed by atoms with Crippen molar-refractivity contribution in [3.63, 3.8) is 0 Å². The van der Waals surface area contributed by atoms with Gasteiger partial charge in [0.05, 0.1) is 0 Å². The van der Waals surface area contributed by atoms with Crippen molar-refractivity contribution >= 4 is 0 Å². The highest BCUT2D eigenvalue weighted by atomic mass is 15.2. The van der Waals surface area contributed by atoms with Crippen molar-refractivity contribution < 1.29 is 0 Å². The third kappa shape index (κ3) is 3.27. The first-order valence-electron chi connectivity index (χ1n) is 8.38. The van der Waals surface area contributed by atoms with E-state index in [2.05, 4.69) is 9.80 Å². The predicted molar refractivity (Wildman–Crippen MR) is 76.8 cm³/mol. The van der Waals surface area contributed by atoms with Crippen LogP contribution in [-0.2, 0) is 0 Å². The molecule has 0 amide bonds. The zero-order valence-corrected chi connectivity index (χ0v) is 11.9. The molecule has 0 bridgehead atoms. The van der Waals surface area contributed by atoms with Crippen LogP contribution in [0.4, 0.5) is 0 Å². The zero-order chi connectivity index (χ0) is 12.2. The molecule has 1 saturated carbocycles. The summed E-state index contributed by atoms with van der Waals surface area (Å²) in [5, 5.41) is 0. The molecule has 1 unspecified atom stereocenters. The van der Waals surface area contributed by atoms with Crippen LogP contribution < -0.4 is 0 Å². The van der Waals surface area contributed by atoms with E-state index < -0.39 is 0 Å². The highest BCUT2D eigenvalue weighted by Gasteiger charge is 2.28. The van der Waals surface area contributed by atoms with Crippen LogP contribution in [0.5, 0.6) is 0 Å². The van der Waals surface area contributed by atoms with E-state index in [9.17, 15) is 0 Å². The molecular formula is C16H30N2. The van der Waals surface area contributed by atoms with Crippen molar-refractivity contribution in [1.29, 1.82) is 0 Å². The summed E-state index contributed by atoms with van der Waals surface area (Å²) >= 11 is 0. The van der Waals surface area contributed by atoms with Crippen molar-refractivity contribution in [2.45, 2.75) is 63.8 Å². The van der Waals surface area contributed by atoms with E-state index in [0.717, 1.165) is 12.0 Å². The number of hydrogen-bond donors (Lipinski definition) is 0. The average Bonchev–Trinajstić information content (AvgIpc) is 2.61. The van der Waals surface area contributed by atoms with Crippen LogP contribution in [-0.4, -0.2) is 48.6 Å². The Bertz CT molecular complexity index is 247. The second-order valence-electron chi connectivity index (χ2n) is 6.80. The van der Waals surface area contributed by atoms with Gasteiger partial charge in [-0.2, -0.15) is 0 Å². The van der Waals surface area contributed by atoms with Crippen molar-refractivity contribution in [1.82, 2.24) is 9.80 Å². The zero-order valence-electron chi connectivity index (χ0n) is 11.9. The number of hydrogen-bond acceptors (Lipinski definition) is 2. The largest absolute Gasteiger partial charge is 0.301 e. The molecule has 3 fully saturated rings. The quantitative estimate of drug-likeness (QED) is 0.743. The summed E-state index contributed by atoms with van der Waals surface area (Å²) in [5.74, 6) is 1.02. The summed E-state index contributed by atoms with van der Waals surface area (Å²) < 4.78 is 0. The monoisotopic (exact) mass is 250 g/mol. The number of rotatable bonds is 2. The molecule has 2 heteroatoms. The Balaban J connectivity index is 1.52. The fourth-order valence-corrected chi connectivity index (χ4v) is 4.35. The maximum absolute atomic E-state index is 2.81. The van der Waals surface area contributed by atoms with Crippen molar-refractivity contribution in [3.05, 3.63) is 0 Å². The van der Waals surface area contributed by atoms with E-state index in [1.807, 2.05) is 0 Å². The standard InChI is InChI=1S/C16H30N2/c1-2-7-15(8-3-1)13-17-10-6-12-18-11-5-4-9-16(18)14-17/h15-16H,1-14H2. The Morgan fingerprint density at radius 1 is 0.722 bits per heavy atom. The van der Waals surface area contributed by atoms with Gasteiger partial charge < -0.3 is 4.90 Å². The van der Waals surface area contributed by atoms with Gasteiger partial charge in [-0.05, 0) is 57.7 Å². The maximum Gasteiger partial charge on any atom is 0.0223 e. The van der Waals surface area contributed by atoms with Gasteiger partial charge in [-0.3, -0.25) is 4.90 Å². The van der Waals surface area contributed by atoms with Crippen LogP contribution in [0.15, 0.2) is 0 Å². The molecular weight excluding hydrogens is 220 g/mol. The summed E-state index contributed by atoms with van der Waals surface area (Å²) in [6.07, 6.45) is 13.3. The molecule has 0 N–H and O–H groups in total. The second-order valence-corrected chi connectivity index (χ2v) is 6.80. The molecule has 3 aliphatic rings. The lowest BCUT2D eigenvalue weighted by Crippen LogP contribution is -2.44. The molecule has 1 atom stereocenters. The van der Waals surface area contributed by atoms with Gasteiger partial charge >= 0.3 is 0 Å². The van der Waals surface area contributed by atoms with Crippen LogP contribution in [0.25, 0.3) is 0 Å². The Labute approximate surface area is 113 Å². The molecule has 0 spiro atoms. The topological polar surface area (TPSA) is 6.48 Å². The highest BCUT2D eigenvalue weighted by Crippen LogP contribution is 2.26. The normalized spacial score (nSPS) is 33.0. The van der Waals surface area contributed by atoms with Crippen LogP contribution in [0.2, 0.25) is 0 Å². The first kappa shape index (κ1) is 12.9. The summed E-state index contributed by atoms with van der Waals surface area (Å²) in [6.45, 7) is 6.89. The summed E-state index contributed by atoms with van der Waals surface area (Å²) in [4.78, 5) is 5.59. The van der Waals surface area contributed by atoms with Crippen molar-refractivity contribution in [2.24, 2.45) is 5.92 Å². The van der Waals surface area contributed by atoms with Gasteiger partial charge in [0.1, 0.15) is 0 Å².